The summed E-state index contributed by atoms with van der Waals surface area (Å²) in [7, 11) is 1.61. The lowest BCUT2D eigenvalue weighted by Gasteiger charge is -2.03. The molecule has 0 aliphatic heterocycles. The van der Waals surface area contributed by atoms with Gasteiger partial charge in [0.25, 0.3) is 0 Å². The van der Waals surface area contributed by atoms with E-state index >= 15 is 0 Å². The number of hydrogen-bond donors (Lipinski definition) is 1. The van der Waals surface area contributed by atoms with Crippen molar-refractivity contribution < 1.29 is 14.3 Å². The maximum Gasteiger partial charge on any atom is 0.221 e. The molecule has 0 radical (unpaired) electrons. The molecule has 2 aromatic rings. The molecule has 112 valence electrons. The van der Waals surface area contributed by atoms with Crippen LogP contribution in [0.1, 0.15) is 22.8 Å². The second kappa shape index (κ2) is 7.22. The number of ether oxygens (including phenoxy) is 1. The van der Waals surface area contributed by atoms with Gasteiger partial charge in [-0.05, 0) is 35.9 Å². The third-order valence-electron chi connectivity index (χ3n) is 3.01. The number of benzene rings is 2. The van der Waals surface area contributed by atoms with Crippen LogP contribution in [-0.4, -0.2) is 18.8 Å². The van der Waals surface area contributed by atoms with Gasteiger partial charge in [-0.15, -0.1) is 0 Å². The standard InChI is InChI=1S/C18H17NO3/c1-13(20)19-16-5-3-4-15(12-16)18(21)11-8-14-6-9-17(22-2)10-7-14/h3-12H,1-2H3,(H,19,20)/b11-8+. The number of carbonyl (C=O) groups excluding carboxylic acids is 2. The molecule has 2 aromatic carbocycles. The van der Waals surface area contributed by atoms with Gasteiger partial charge in [-0.25, -0.2) is 0 Å². The van der Waals surface area contributed by atoms with Crippen LogP contribution in [0.5, 0.6) is 5.75 Å². The fourth-order valence-electron chi connectivity index (χ4n) is 1.94. The van der Waals surface area contributed by atoms with Crippen molar-refractivity contribution in [2.45, 2.75) is 6.92 Å². The molecule has 2 rings (SSSR count). The first kappa shape index (κ1) is 15.5. The fraction of sp³-hybridized carbons (Fsp3) is 0.111. The molecular weight excluding hydrogens is 278 g/mol. The molecule has 4 heteroatoms. The van der Waals surface area contributed by atoms with E-state index in [0.29, 0.717) is 11.3 Å². The van der Waals surface area contributed by atoms with E-state index in [1.165, 1.54) is 13.0 Å². The largest absolute Gasteiger partial charge is 0.497 e. The molecule has 0 atom stereocenters. The summed E-state index contributed by atoms with van der Waals surface area (Å²) < 4.78 is 5.08. The monoisotopic (exact) mass is 295 g/mol. The lowest BCUT2D eigenvalue weighted by molar-refractivity contribution is -0.114. The molecular formula is C18H17NO3. The van der Waals surface area contributed by atoms with Crippen molar-refractivity contribution in [2.24, 2.45) is 0 Å². The number of methoxy groups -OCH3 is 1. The molecule has 22 heavy (non-hydrogen) atoms. The van der Waals surface area contributed by atoms with Crippen LogP contribution in [0.25, 0.3) is 6.08 Å². The Morgan fingerprint density at radius 1 is 1.09 bits per heavy atom. The van der Waals surface area contributed by atoms with E-state index in [4.69, 9.17) is 4.74 Å². The maximum absolute atomic E-state index is 12.2. The van der Waals surface area contributed by atoms with Gasteiger partial charge in [0.15, 0.2) is 5.78 Å². The molecule has 1 amide bonds. The highest BCUT2D eigenvalue weighted by Gasteiger charge is 2.03. The van der Waals surface area contributed by atoms with E-state index in [-0.39, 0.29) is 11.7 Å². The molecule has 4 nitrogen and oxygen atoms in total. The quantitative estimate of drug-likeness (QED) is 0.678. The smallest absolute Gasteiger partial charge is 0.221 e. The Morgan fingerprint density at radius 3 is 2.45 bits per heavy atom. The van der Waals surface area contributed by atoms with Gasteiger partial charge in [0.05, 0.1) is 7.11 Å². The minimum Gasteiger partial charge on any atom is -0.497 e. The molecule has 0 fully saturated rings. The second-order valence-corrected chi connectivity index (χ2v) is 4.73. The van der Waals surface area contributed by atoms with Gasteiger partial charge in [0.1, 0.15) is 5.75 Å². The van der Waals surface area contributed by atoms with Crippen molar-refractivity contribution in [1.29, 1.82) is 0 Å². The van der Waals surface area contributed by atoms with Gasteiger partial charge < -0.3 is 10.1 Å². The molecule has 0 unspecified atom stereocenters. The van der Waals surface area contributed by atoms with Crippen LogP contribution in [0.15, 0.2) is 54.6 Å². The maximum atomic E-state index is 12.2. The first-order chi connectivity index (χ1) is 10.6. The van der Waals surface area contributed by atoms with Crippen molar-refractivity contribution in [3.05, 3.63) is 65.7 Å². The molecule has 0 aliphatic carbocycles. The zero-order chi connectivity index (χ0) is 15.9. The predicted octanol–water partition coefficient (Wildman–Crippen LogP) is 3.55. The van der Waals surface area contributed by atoms with Crippen LogP contribution in [0.2, 0.25) is 0 Å². The van der Waals surface area contributed by atoms with Crippen LogP contribution in [0, 0.1) is 0 Å². The lowest BCUT2D eigenvalue weighted by atomic mass is 10.1. The van der Waals surface area contributed by atoms with Crippen molar-refractivity contribution in [3.63, 3.8) is 0 Å². The van der Waals surface area contributed by atoms with Gasteiger partial charge in [-0.1, -0.05) is 30.3 Å². The van der Waals surface area contributed by atoms with Gasteiger partial charge in [-0.3, -0.25) is 9.59 Å². The Kier molecular flexibility index (Phi) is 5.09. The van der Waals surface area contributed by atoms with E-state index in [2.05, 4.69) is 5.32 Å². The average Bonchev–Trinajstić information content (AvgIpc) is 2.52. The summed E-state index contributed by atoms with van der Waals surface area (Å²) in [4.78, 5) is 23.2. The Balaban J connectivity index is 2.10. The highest BCUT2D eigenvalue weighted by Crippen LogP contribution is 2.14. The summed E-state index contributed by atoms with van der Waals surface area (Å²) in [5, 5.41) is 2.66. The van der Waals surface area contributed by atoms with Crippen molar-refractivity contribution >= 4 is 23.5 Å². The molecule has 0 saturated heterocycles. The number of anilines is 1. The highest BCUT2D eigenvalue weighted by molar-refractivity contribution is 6.07. The number of amides is 1. The summed E-state index contributed by atoms with van der Waals surface area (Å²) in [6.45, 7) is 1.43. The lowest BCUT2D eigenvalue weighted by Crippen LogP contribution is -2.06. The molecule has 0 aliphatic rings. The van der Waals surface area contributed by atoms with Crippen LogP contribution < -0.4 is 10.1 Å². The first-order valence-electron chi connectivity index (χ1n) is 6.82. The zero-order valence-corrected chi connectivity index (χ0v) is 12.5. The average molecular weight is 295 g/mol. The SMILES string of the molecule is COc1ccc(/C=C/C(=O)c2cccc(NC(C)=O)c2)cc1. The topological polar surface area (TPSA) is 55.4 Å². The molecule has 0 bridgehead atoms. The van der Waals surface area contributed by atoms with Crippen LogP contribution >= 0.6 is 0 Å². The normalized spacial score (nSPS) is 10.5. The van der Waals surface area contributed by atoms with Gasteiger partial charge in [-0.2, -0.15) is 0 Å². The van der Waals surface area contributed by atoms with Gasteiger partial charge >= 0.3 is 0 Å². The fourth-order valence-corrected chi connectivity index (χ4v) is 1.94. The summed E-state index contributed by atoms with van der Waals surface area (Å²) in [6, 6.07) is 14.3. The number of rotatable bonds is 5. The Morgan fingerprint density at radius 2 is 1.82 bits per heavy atom. The number of nitrogens with one attached hydrogen (secondary N) is 1. The Bertz CT molecular complexity index is 703. The summed E-state index contributed by atoms with van der Waals surface area (Å²) in [6.07, 6.45) is 3.25. The number of carbonyl (C=O) groups is 2. The third kappa shape index (κ3) is 4.31. The van der Waals surface area contributed by atoms with E-state index < -0.39 is 0 Å². The van der Waals surface area contributed by atoms with E-state index in [1.807, 2.05) is 24.3 Å². The molecule has 0 heterocycles. The summed E-state index contributed by atoms with van der Waals surface area (Å²) >= 11 is 0. The van der Waals surface area contributed by atoms with Crippen LogP contribution in [0.3, 0.4) is 0 Å². The Labute approximate surface area is 129 Å². The van der Waals surface area contributed by atoms with E-state index in [1.54, 1.807) is 37.5 Å². The molecule has 0 saturated carbocycles. The molecule has 0 spiro atoms. The first-order valence-corrected chi connectivity index (χ1v) is 6.82. The van der Waals surface area contributed by atoms with Crippen molar-refractivity contribution in [2.75, 3.05) is 12.4 Å². The van der Waals surface area contributed by atoms with Gasteiger partial charge in [0.2, 0.25) is 5.91 Å². The van der Waals surface area contributed by atoms with Crippen molar-refractivity contribution in [1.82, 2.24) is 0 Å². The van der Waals surface area contributed by atoms with Crippen LogP contribution in [0.4, 0.5) is 5.69 Å². The van der Waals surface area contributed by atoms with Crippen molar-refractivity contribution in [3.8, 4) is 5.75 Å². The van der Waals surface area contributed by atoms with Crippen LogP contribution in [-0.2, 0) is 4.79 Å². The number of ketones is 1. The third-order valence-corrected chi connectivity index (χ3v) is 3.01. The zero-order valence-electron chi connectivity index (χ0n) is 12.5. The highest BCUT2D eigenvalue weighted by atomic mass is 16.5. The summed E-state index contributed by atoms with van der Waals surface area (Å²) in [5.74, 6) is 0.480. The Hall–Kier alpha value is -2.88. The predicted molar refractivity (Wildman–Crippen MR) is 87.1 cm³/mol. The van der Waals surface area contributed by atoms with Gasteiger partial charge in [0, 0.05) is 18.2 Å². The molecule has 0 aromatic heterocycles. The molecule has 1 N–H and O–H groups in total. The number of allylic oxidation sites excluding steroid dienone is 1. The van der Waals surface area contributed by atoms with E-state index in [9.17, 15) is 9.59 Å². The second-order valence-electron chi connectivity index (χ2n) is 4.73. The minimum atomic E-state index is -0.168. The summed E-state index contributed by atoms with van der Waals surface area (Å²) in [5.41, 5.74) is 2.04. The van der Waals surface area contributed by atoms with E-state index in [0.717, 1.165) is 11.3 Å². The number of hydrogen-bond acceptors (Lipinski definition) is 3. The minimum absolute atomic E-state index is 0.122.